The quantitative estimate of drug-likeness (QED) is 0.937. The van der Waals surface area contributed by atoms with E-state index in [4.69, 9.17) is 10.5 Å². The lowest BCUT2D eigenvalue weighted by atomic mass is 10.1. The zero-order chi connectivity index (χ0) is 13.7. The molecule has 0 aliphatic rings. The smallest absolute Gasteiger partial charge is 0.103 e. The Morgan fingerprint density at radius 3 is 2.58 bits per heavy atom. The molecule has 0 saturated heterocycles. The first kappa shape index (κ1) is 13.1. The molecule has 2 aromatic carbocycles. The number of benzene rings is 2. The summed E-state index contributed by atoms with van der Waals surface area (Å²) in [7, 11) is 0. The van der Waals surface area contributed by atoms with Gasteiger partial charge in [-0.2, -0.15) is 10.5 Å². The molecule has 2 rings (SSSR count). The van der Waals surface area contributed by atoms with Crippen molar-refractivity contribution in [2.45, 2.75) is 6.54 Å². The van der Waals surface area contributed by atoms with Crippen molar-refractivity contribution < 1.29 is 0 Å². The number of nitrogens with zero attached hydrogens (tertiary/aromatic N) is 2. The molecule has 3 nitrogen and oxygen atoms in total. The molecule has 19 heavy (non-hydrogen) atoms. The van der Waals surface area contributed by atoms with Gasteiger partial charge in [0.25, 0.3) is 0 Å². The van der Waals surface area contributed by atoms with Crippen molar-refractivity contribution in [3.8, 4) is 12.1 Å². The zero-order valence-corrected chi connectivity index (χ0v) is 11.6. The molecule has 0 spiro atoms. The number of rotatable bonds is 3. The van der Waals surface area contributed by atoms with E-state index < -0.39 is 0 Å². The summed E-state index contributed by atoms with van der Waals surface area (Å²) >= 11 is 3.35. The van der Waals surface area contributed by atoms with E-state index in [-0.39, 0.29) is 0 Å². The van der Waals surface area contributed by atoms with Crippen molar-refractivity contribution >= 4 is 21.6 Å². The molecule has 0 amide bonds. The van der Waals surface area contributed by atoms with Crippen molar-refractivity contribution in [1.29, 1.82) is 10.5 Å². The predicted octanol–water partition coefficient (Wildman–Crippen LogP) is 3.80. The topological polar surface area (TPSA) is 59.6 Å². The Hall–Kier alpha value is -2.30. The highest BCUT2D eigenvalue weighted by atomic mass is 79.9. The van der Waals surface area contributed by atoms with Gasteiger partial charge in [-0.15, -0.1) is 0 Å². The molecule has 0 radical (unpaired) electrons. The third-order valence-electron chi connectivity index (χ3n) is 2.66. The average molecular weight is 312 g/mol. The van der Waals surface area contributed by atoms with Gasteiger partial charge in [-0.1, -0.05) is 18.2 Å². The predicted molar refractivity (Wildman–Crippen MR) is 77.3 cm³/mol. The first-order valence-corrected chi connectivity index (χ1v) is 6.45. The van der Waals surface area contributed by atoms with Crippen LogP contribution in [0.15, 0.2) is 46.9 Å². The molecule has 0 atom stereocenters. The monoisotopic (exact) mass is 311 g/mol. The van der Waals surface area contributed by atoms with E-state index in [9.17, 15) is 0 Å². The van der Waals surface area contributed by atoms with Crippen molar-refractivity contribution in [1.82, 2.24) is 0 Å². The van der Waals surface area contributed by atoms with Gasteiger partial charge in [0.15, 0.2) is 0 Å². The normalized spacial score (nSPS) is 9.42. The number of hydrogen-bond donors (Lipinski definition) is 1. The van der Waals surface area contributed by atoms with E-state index in [1.807, 2.05) is 36.4 Å². The van der Waals surface area contributed by atoms with Crippen molar-refractivity contribution in [2.75, 3.05) is 5.32 Å². The number of halogens is 1. The fourth-order valence-electron chi connectivity index (χ4n) is 1.73. The van der Waals surface area contributed by atoms with Gasteiger partial charge in [-0.25, -0.2) is 0 Å². The van der Waals surface area contributed by atoms with E-state index >= 15 is 0 Å². The highest BCUT2D eigenvalue weighted by Crippen LogP contribution is 2.24. The molecule has 4 heteroatoms. The van der Waals surface area contributed by atoms with E-state index in [1.165, 1.54) is 0 Å². The van der Waals surface area contributed by atoms with Gasteiger partial charge in [0.1, 0.15) is 6.07 Å². The minimum atomic E-state index is 0.570. The minimum absolute atomic E-state index is 0.570. The molecule has 0 heterocycles. The van der Waals surface area contributed by atoms with Crippen LogP contribution in [0.2, 0.25) is 0 Å². The molecular weight excluding hydrogens is 302 g/mol. The molecular formula is C15H10BrN3. The van der Waals surface area contributed by atoms with Crippen LogP contribution in [0.3, 0.4) is 0 Å². The number of nitrogens with one attached hydrogen (secondary N) is 1. The zero-order valence-electron chi connectivity index (χ0n) is 10.0. The van der Waals surface area contributed by atoms with E-state index in [1.54, 1.807) is 6.07 Å². The maximum absolute atomic E-state index is 9.12. The molecule has 0 aromatic heterocycles. The van der Waals surface area contributed by atoms with Crippen LogP contribution in [0.25, 0.3) is 0 Å². The average Bonchev–Trinajstić information content (AvgIpc) is 2.45. The molecule has 0 aliphatic heterocycles. The molecule has 0 bridgehead atoms. The van der Waals surface area contributed by atoms with E-state index in [0.29, 0.717) is 17.7 Å². The van der Waals surface area contributed by atoms with Crippen LogP contribution in [-0.4, -0.2) is 0 Å². The Morgan fingerprint density at radius 2 is 1.84 bits per heavy atom. The molecule has 1 N–H and O–H groups in total. The minimum Gasteiger partial charge on any atom is -0.380 e. The standard InChI is InChI=1S/C15H10BrN3/c16-14-5-2-6-15(13(14)9-18)19-10-12-4-1-3-11(7-12)8-17/h1-7,19H,10H2. The molecule has 92 valence electrons. The van der Waals surface area contributed by atoms with Gasteiger partial charge in [0, 0.05) is 11.0 Å². The summed E-state index contributed by atoms with van der Waals surface area (Å²) in [6, 6.07) is 17.2. The SMILES string of the molecule is N#Cc1cccc(CNc2cccc(Br)c2C#N)c1. The number of nitriles is 2. The Kier molecular flexibility index (Phi) is 4.18. The molecule has 0 saturated carbocycles. The second-order valence-electron chi connectivity index (χ2n) is 3.94. The number of hydrogen-bond acceptors (Lipinski definition) is 3. The summed E-state index contributed by atoms with van der Waals surface area (Å²) in [6.45, 7) is 0.570. The van der Waals surface area contributed by atoms with E-state index in [2.05, 4.69) is 33.4 Å². The van der Waals surface area contributed by atoms with Crippen molar-refractivity contribution in [3.05, 3.63) is 63.6 Å². The van der Waals surface area contributed by atoms with Gasteiger partial charge in [0.2, 0.25) is 0 Å². The molecule has 0 aliphatic carbocycles. The lowest BCUT2D eigenvalue weighted by Gasteiger charge is -2.09. The van der Waals surface area contributed by atoms with Gasteiger partial charge in [-0.05, 0) is 45.8 Å². The fraction of sp³-hybridized carbons (Fsp3) is 0.0667. The van der Waals surface area contributed by atoms with Crippen LogP contribution in [0.5, 0.6) is 0 Å². The van der Waals surface area contributed by atoms with Gasteiger partial charge in [-0.3, -0.25) is 0 Å². The highest BCUT2D eigenvalue weighted by Gasteiger charge is 2.05. The Morgan fingerprint density at radius 1 is 1.05 bits per heavy atom. The molecule has 2 aromatic rings. The van der Waals surface area contributed by atoms with Crippen LogP contribution in [-0.2, 0) is 6.54 Å². The van der Waals surface area contributed by atoms with E-state index in [0.717, 1.165) is 15.7 Å². The molecule has 0 fully saturated rings. The largest absolute Gasteiger partial charge is 0.380 e. The number of anilines is 1. The Bertz CT molecular complexity index is 681. The van der Waals surface area contributed by atoms with Crippen LogP contribution in [0.1, 0.15) is 16.7 Å². The summed E-state index contributed by atoms with van der Waals surface area (Å²) in [4.78, 5) is 0. The maximum Gasteiger partial charge on any atom is 0.103 e. The van der Waals surface area contributed by atoms with Crippen LogP contribution < -0.4 is 5.32 Å². The third kappa shape index (κ3) is 3.13. The Balaban J connectivity index is 2.18. The van der Waals surface area contributed by atoms with Crippen LogP contribution >= 0.6 is 15.9 Å². The highest BCUT2D eigenvalue weighted by molar-refractivity contribution is 9.10. The summed E-state index contributed by atoms with van der Waals surface area (Å²) < 4.78 is 0.769. The van der Waals surface area contributed by atoms with Gasteiger partial charge < -0.3 is 5.32 Å². The van der Waals surface area contributed by atoms with Gasteiger partial charge >= 0.3 is 0 Å². The lowest BCUT2D eigenvalue weighted by Crippen LogP contribution is -2.01. The maximum atomic E-state index is 9.12. The summed E-state index contributed by atoms with van der Waals surface area (Å²) in [6.07, 6.45) is 0. The van der Waals surface area contributed by atoms with Crippen LogP contribution in [0.4, 0.5) is 5.69 Å². The first-order chi connectivity index (χ1) is 9.24. The molecule has 0 unspecified atom stereocenters. The first-order valence-electron chi connectivity index (χ1n) is 5.66. The second kappa shape index (κ2) is 6.04. The van der Waals surface area contributed by atoms with Crippen molar-refractivity contribution in [2.24, 2.45) is 0 Å². The summed E-state index contributed by atoms with van der Waals surface area (Å²) in [5.74, 6) is 0. The second-order valence-corrected chi connectivity index (χ2v) is 4.79. The van der Waals surface area contributed by atoms with Crippen molar-refractivity contribution in [3.63, 3.8) is 0 Å². The third-order valence-corrected chi connectivity index (χ3v) is 3.33. The fourth-order valence-corrected chi connectivity index (χ4v) is 2.19. The lowest BCUT2D eigenvalue weighted by molar-refractivity contribution is 1.14. The summed E-state index contributed by atoms with van der Waals surface area (Å²) in [5.41, 5.74) is 3.00. The van der Waals surface area contributed by atoms with Gasteiger partial charge in [0.05, 0.1) is 22.9 Å². The summed E-state index contributed by atoms with van der Waals surface area (Å²) in [5, 5.41) is 21.2. The van der Waals surface area contributed by atoms with Crippen LogP contribution in [0, 0.1) is 22.7 Å². The Labute approximate surface area is 120 Å².